The minimum Gasteiger partial charge on any atom is -0.326 e. The molecule has 28 heavy (non-hydrogen) atoms. The summed E-state index contributed by atoms with van der Waals surface area (Å²) in [6.07, 6.45) is -2.57. The highest BCUT2D eigenvalue weighted by Gasteiger charge is 2.35. The molecule has 1 saturated heterocycles. The Morgan fingerprint density at radius 1 is 1.04 bits per heavy atom. The highest BCUT2D eigenvalue weighted by Crippen LogP contribution is 2.42. The third kappa shape index (κ3) is 3.87. The number of hydrogen-bond acceptors (Lipinski definition) is 3. The summed E-state index contributed by atoms with van der Waals surface area (Å²) in [7, 11) is 0. The molecular formula is C20H17F3N2O2S. The van der Waals surface area contributed by atoms with Crippen molar-refractivity contribution in [3.8, 4) is 0 Å². The SMILES string of the molecule is O=C(Nc1ccc(C2SCC(=O)N2c2ccc(C(F)(F)F)cc2)cc1)C1CC1. The molecule has 1 unspecified atom stereocenters. The summed E-state index contributed by atoms with van der Waals surface area (Å²) < 4.78 is 38.3. The number of alkyl halides is 3. The van der Waals surface area contributed by atoms with Gasteiger partial charge in [-0.1, -0.05) is 12.1 Å². The zero-order valence-electron chi connectivity index (χ0n) is 14.7. The smallest absolute Gasteiger partial charge is 0.326 e. The van der Waals surface area contributed by atoms with Crippen LogP contribution in [0.1, 0.15) is 29.3 Å². The minimum absolute atomic E-state index is 0.0181. The second-order valence-electron chi connectivity index (χ2n) is 6.86. The molecule has 0 spiro atoms. The largest absolute Gasteiger partial charge is 0.416 e. The average Bonchev–Trinajstić information content (AvgIpc) is 3.44. The van der Waals surface area contributed by atoms with E-state index in [2.05, 4.69) is 5.32 Å². The second kappa shape index (κ2) is 7.16. The summed E-state index contributed by atoms with van der Waals surface area (Å²) in [6.45, 7) is 0. The summed E-state index contributed by atoms with van der Waals surface area (Å²) >= 11 is 1.42. The van der Waals surface area contributed by atoms with Gasteiger partial charge in [0.15, 0.2) is 0 Å². The van der Waals surface area contributed by atoms with E-state index < -0.39 is 11.7 Å². The van der Waals surface area contributed by atoms with Crippen molar-refractivity contribution in [1.29, 1.82) is 0 Å². The van der Waals surface area contributed by atoms with Crippen molar-refractivity contribution in [2.45, 2.75) is 24.4 Å². The third-order valence-corrected chi connectivity index (χ3v) is 5.96. The number of carbonyl (C=O) groups excluding carboxylic acids is 2. The van der Waals surface area contributed by atoms with Gasteiger partial charge >= 0.3 is 6.18 Å². The van der Waals surface area contributed by atoms with E-state index in [9.17, 15) is 22.8 Å². The van der Waals surface area contributed by atoms with Gasteiger partial charge in [0.1, 0.15) is 5.37 Å². The van der Waals surface area contributed by atoms with E-state index >= 15 is 0 Å². The maximum Gasteiger partial charge on any atom is 0.416 e. The van der Waals surface area contributed by atoms with Crippen molar-refractivity contribution < 1.29 is 22.8 Å². The van der Waals surface area contributed by atoms with Crippen LogP contribution in [-0.4, -0.2) is 17.6 Å². The van der Waals surface area contributed by atoms with Gasteiger partial charge in [-0.3, -0.25) is 14.5 Å². The zero-order chi connectivity index (χ0) is 19.9. The molecule has 1 atom stereocenters. The predicted octanol–water partition coefficient (Wildman–Crippen LogP) is 4.83. The number of hydrogen-bond donors (Lipinski definition) is 1. The number of nitrogens with one attached hydrogen (secondary N) is 1. The summed E-state index contributed by atoms with van der Waals surface area (Å²) in [5.41, 5.74) is 1.22. The zero-order valence-corrected chi connectivity index (χ0v) is 15.5. The number of benzene rings is 2. The lowest BCUT2D eigenvalue weighted by molar-refractivity contribution is -0.137. The predicted molar refractivity (Wildman–Crippen MR) is 102 cm³/mol. The van der Waals surface area contributed by atoms with E-state index in [0.717, 1.165) is 30.5 Å². The summed E-state index contributed by atoms with van der Waals surface area (Å²) in [5.74, 6) is 0.231. The molecule has 4 nitrogen and oxygen atoms in total. The molecule has 2 amide bonds. The molecule has 2 aliphatic rings. The van der Waals surface area contributed by atoms with Crippen LogP contribution in [0.25, 0.3) is 0 Å². The van der Waals surface area contributed by atoms with Crippen LogP contribution in [0.2, 0.25) is 0 Å². The Labute approximate surface area is 164 Å². The molecule has 1 heterocycles. The van der Waals surface area contributed by atoms with Crippen molar-refractivity contribution in [3.05, 3.63) is 59.7 Å². The number of carbonyl (C=O) groups is 2. The molecule has 1 aliphatic carbocycles. The van der Waals surface area contributed by atoms with E-state index in [0.29, 0.717) is 11.4 Å². The first kappa shape index (κ1) is 18.9. The Balaban J connectivity index is 1.53. The molecule has 0 aromatic heterocycles. The van der Waals surface area contributed by atoms with Crippen LogP contribution in [0.4, 0.5) is 24.5 Å². The second-order valence-corrected chi connectivity index (χ2v) is 7.93. The van der Waals surface area contributed by atoms with E-state index in [1.807, 2.05) is 12.1 Å². The third-order valence-electron chi connectivity index (χ3n) is 4.75. The molecule has 1 aliphatic heterocycles. The summed E-state index contributed by atoms with van der Waals surface area (Å²) in [5, 5.41) is 2.54. The minimum atomic E-state index is -4.41. The highest BCUT2D eigenvalue weighted by atomic mass is 32.2. The fraction of sp³-hybridized carbons (Fsp3) is 0.300. The lowest BCUT2D eigenvalue weighted by atomic mass is 10.1. The molecule has 4 rings (SSSR count). The number of nitrogens with zero attached hydrogens (tertiary/aromatic N) is 1. The van der Waals surface area contributed by atoms with Gasteiger partial charge in [-0.15, -0.1) is 11.8 Å². The van der Waals surface area contributed by atoms with Gasteiger partial charge in [-0.2, -0.15) is 13.2 Å². The quantitative estimate of drug-likeness (QED) is 0.791. The maximum atomic E-state index is 12.8. The van der Waals surface area contributed by atoms with Gasteiger partial charge in [0.05, 0.1) is 11.3 Å². The Morgan fingerprint density at radius 2 is 1.68 bits per heavy atom. The molecule has 1 N–H and O–H groups in total. The first-order valence-corrected chi connectivity index (χ1v) is 9.89. The van der Waals surface area contributed by atoms with Crippen LogP contribution in [0.3, 0.4) is 0 Å². The van der Waals surface area contributed by atoms with Gasteiger partial charge in [0.2, 0.25) is 11.8 Å². The lowest BCUT2D eigenvalue weighted by Crippen LogP contribution is -2.27. The molecule has 2 fully saturated rings. The van der Waals surface area contributed by atoms with E-state index in [-0.39, 0.29) is 28.9 Å². The lowest BCUT2D eigenvalue weighted by Gasteiger charge is -2.25. The molecule has 8 heteroatoms. The Kier molecular flexibility index (Phi) is 4.82. The molecule has 2 aromatic carbocycles. The fourth-order valence-corrected chi connectivity index (χ4v) is 4.26. The topological polar surface area (TPSA) is 49.4 Å². The monoisotopic (exact) mass is 406 g/mol. The molecule has 2 aromatic rings. The summed E-state index contributed by atoms with van der Waals surface area (Å²) in [6, 6.07) is 11.8. The molecular weight excluding hydrogens is 389 g/mol. The maximum absolute atomic E-state index is 12.8. The highest BCUT2D eigenvalue weighted by molar-refractivity contribution is 8.00. The first-order chi connectivity index (χ1) is 13.3. The average molecular weight is 406 g/mol. The Bertz CT molecular complexity index is 893. The molecule has 1 saturated carbocycles. The van der Waals surface area contributed by atoms with Gasteiger partial charge < -0.3 is 5.32 Å². The molecule has 0 bridgehead atoms. The van der Waals surface area contributed by atoms with Crippen molar-refractivity contribution in [2.24, 2.45) is 5.92 Å². The van der Waals surface area contributed by atoms with Gasteiger partial charge in [-0.25, -0.2) is 0 Å². The standard InChI is InChI=1S/C20H17F3N2O2S/c21-20(22,23)14-5-9-16(10-6-14)25-17(26)11-28-19(25)13-3-7-15(8-4-13)24-18(27)12-1-2-12/h3-10,12,19H,1-2,11H2,(H,24,27). The number of thioether (sulfide) groups is 1. The van der Waals surface area contributed by atoms with Crippen LogP contribution in [0.5, 0.6) is 0 Å². The summed E-state index contributed by atoms with van der Waals surface area (Å²) in [4.78, 5) is 25.7. The number of halogens is 3. The fourth-order valence-electron chi connectivity index (χ4n) is 3.08. The van der Waals surface area contributed by atoms with Crippen LogP contribution in [-0.2, 0) is 15.8 Å². The first-order valence-electron chi connectivity index (χ1n) is 8.85. The van der Waals surface area contributed by atoms with Crippen molar-refractivity contribution in [2.75, 3.05) is 16.0 Å². The van der Waals surface area contributed by atoms with Crippen LogP contribution in [0, 0.1) is 5.92 Å². The number of amides is 2. The molecule has 0 radical (unpaired) electrons. The number of rotatable bonds is 4. The number of anilines is 2. The Hall–Kier alpha value is -2.48. The van der Waals surface area contributed by atoms with E-state index in [1.54, 1.807) is 12.1 Å². The van der Waals surface area contributed by atoms with Crippen molar-refractivity contribution >= 4 is 35.0 Å². The van der Waals surface area contributed by atoms with Crippen LogP contribution in [0.15, 0.2) is 48.5 Å². The van der Waals surface area contributed by atoms with Gasteiger partial charge in [-0.05, 0) is 54.8 Å². The normalized spacial score (nSPS) is 19.8. The van der Waals surface area contributed by atoms with Crippen molar-refractivity contribution in [1.82, 2.24) is 0 Å². The van der Waals surface area contributed by atoms with Gasteiger partial charge in [0.25, 0.3) is 0 Å². The van der Waals surface area contributed by atoms with Crippen LogP contribution < -0.4 is 10.2 Å². The van der Waals surface area contributed by atoms with E-state index in [1.165, 1.54) is 28.8 Å². The van der Waals surface area contributed by atoms with Crippen molar-refractivity contribution in [3.63, 3.8) is 0 Å². The van der Waals surface area contributed by atoms with Crippen LogP contribution >= 0.6 is 11.8 Å². The van der Waals surface area contributed by atoms with E-state index in [4.69, 9.17) is 0 Å². The molecule has 146 valence electrons. The Morgan fingerprint density at radius 3 is 2.25 bits per heavy atom. The van der Waals surface area contributed by atoms with Gasteiger partial charge in [0, 0.05) is 17.3 Å².